The van der Waals surface area contributed by atoms with Crippen molar-refractivity contribution in [2.45, 2.75) is 50.6 Å². The Kier molecular flexibility index (Phi) is 7.87. The highest BCUT2D eigenvalue weighted by Gasteiger charge is 2.15. The van der Waals surface area contributed by atoms with Crippen molar-refractivity contribution in [3.8, 4) is 34.3 Å². The molecule has 3 rings (SSSR count). The topological polar surface area (TPSA) is 79.1 Å². The smallest absolute Gasteiger partial charge is 0.191 e. The molecule has 2 aromatic carbocycles. The van der Waals surface area contributed by atoms with Crippen LogP contribution < -0.4 is 0 Å². The van der Waals surface area contributed by atoms with Crippen LogP contribution in [0.15, 0.2) is 53.7 Å². The molecule has 5 nitrogen and oxygen atoms in total. The van der Waals surface area contributed by atoms with E-state index in [0.717, 1.165) is 12.2 Å². The average molecular weight is 410 g/mol. The van der Waals surface area contributed by atoms with E-state index in [0.29, 0.717) is 27.9 Å². The van der Waals surface area contributed by atoms with E-state index in [1.807, 2.05) is 12.1 Å². The van der Waals surface area contributed by atoms with Crippen LogP contribution in [-0.2, 0) is 0 Å². The Morgan fingerprint density at radius 1 is 0.690 bits per heavy atom. The van der Waals surface area contributed by atoms with Gasteiger partial charge in [0.05, 0.1) is 11.1 Å². The second kappa shape index (κ2) is 10.8. The molecule has 0 bridgehead atoms. The number of phenols is 2. The third-order valence-corrected chi connectivity index (χ3v) is 5.57. The summed E-state index contributed by atoms with van der Waals surface area (Å²) in [6.07, 6.45) is 7.42. The van der Waals surface area contributed by atoms with E-state index < -0.39 is 0 Å². The van der Waals surface area contributed by atoms with Gasteiger partial charge in [0.1, 0.15) is 11.5 Å². The maximum absolute atomic E-state index is 10.2. The standard InChI is InChI=1S/C23H27N3O2S/c1-2-3-4-5-6-11-16-29-23-25-21(17-12-7-9-14-19(17)27)24-22(26-23)18-13-8-10-15-20(18)28/h7-10,12-15,27-28H,2-6,11,16H2,1H3. The Labute approximate surface area is 176 Å². The van der Waals surface area contributed by atoms with Crippen molar-refractivity contribution in [2.75, 3.05) is 5.75 Å². The van der Waals surface area contributed by atoms with Gasteiger partial charge in [0.25, 0.3) is 0 Å². The number of hydrogen-bond donors (Lipinski definition) is 2. The molecule has 0 spiro atoms. The third kappa shape index (κ3) is 5.94. The molecule has 0 amide bonds. The van der Waals surface area contributed by atoms with Crippen molar-refractivity contribution in [1.29, 1.82) is 0 Å². The van der Waals surface area contributed by atoms with E-state index in [-0.39, 0.29) is 11.5 Å². The molecule has 29 heavy (non-hydrogen) atoms. The first-order valence-corrected chi connectivity index (χ1v) is 11.1. The quantitative estimate of drug-likeness (QED) is 0.312. The molecule has 0 saturated heterocycles. The molecule has 1 aromatic heterocycles. The third-order valence-electron chi connectivity index (χ3n) is 4.63. The molecule has 3 aromatic rings. The van der Waals surface area contributed by atoms with Crippen molar-refractivity contribution < 1.29 is 10.2 Å². The monoisotopic (exact) mass is 409 g/mol. The summed E-state index contributed by atoms with van der Waals surface area (Å²) in [5.74, 6) is 1.97. The number of aromatic hydroxyl groups is 2. The highest BCUT2D eigenvalue weighted by molar-refractivity contribution is 7.99. The van der Waals surface area contributed by atoms with Crippen LogP contribution in [0.25, 0.3) is 22.8 Å². The molecule has 152 valence electrons. The molecule has 0 atom stereocenters. The van der Waals surface area contributed by atoms with E-state index >= 15 is 0 Å². The first-order valence-electron chi connectivity index (χ1n) is 10.1. The van der Waals surface area contributed by atoms with Crippen LogP contribution >= 0.6 is 11.8 Å². The van der Waals surface area contributed by atoms with Gasteiger partial charge in [-0.15, -0.1) is 0 Å². The van der Waals surface area contributed by atoms with Crippen molar-refractivity contribution in [3.63, 3.8) is 0 Å². The molecule has 0 saturated carbocycles. The number of hydrogen-bond acceptors (Lipinski definition) is 6. The number of thioether (sulfide) groups is 1. The fourth-order valence-electron chi connectivity index (χ4n) is 3.03. The van der Waals surface area contributed by atoms with E-state index in [9.17, 15) is 10.2 Å². The normalized spacial score (nSPS) is 10.9. The SMILES string of the molecule is CCCCCCCCSc1nc(-c2ccccc2O)nc(-c2ccccc2O)n1. The molecule has 0 aliphatic carbocycles. The zero-order valence-corrected chi connectivity index (χ0v) is 17.5. The van der Waals surface area contributed by atoms with E-state index in [4.69, 9.17) is 0 Å². The van der Waals surface area contributed by atoms with E-state index in [2.05, 4.69) is 21.9 Å². The van der Waals surface area contributed by atoms with Crippen LogP contribution in [0.3, 0.4) is 0 Å². The number of nitrogens with zero attached hydrogens (tertiary/aromatic N) is 3. The maximum atomic E-state index is 10.2. The van der Waals surface area contributed by atoms with E-state index in [1.165, 1.54) is 32.1 Å². The summed E-state index contributed by atoms with van der Waals surface area (Å²) in [5, 5.41) is 21.1. The molecule has 0 radical (unpaired) electrons. The minimum atomic E-state index is 0.119. The summed E-state index contributed by atoms with van der Waals surface area (Å²) in [4.78, 5) is 13.7. The Morgan fingerprint density at radius 3 is 1.76 bits per heavy atom. The number of benzene rings is 2. The van der Waals surface area contributed by atoms with Crippen LogP contribution in [0, 0.1) is 0 Å². The highest BCUT2D eigenvalue weighted by atomic mass is 32.2. The van der Waals surface area contributed by atoms with Gasteiger partial charge in [-0.25, -0.2) is 15.0 Å². The van der Waals surface area contributed by atoms with Crippen LogP contribution in [0.2, 0.25) is 0 Å². The van der Waals surface area contributed by atoms with Gasteiger partial charge in [0.15, 0.2) is 16.8 Å². The molecular weight excluding hydrogens is 382 g/mol. The predicted molar refractivity (Wildman–Crippen MR) is 118 cm³/mol. The van der Waals surface area contributed by atoms with Crippen molar-refractivity contribution in [3.05, 3.63) is 48.5 Å². The van der Waals surface area contributed by atoms with Gasteiger partial charge in [0.2, 0.25) is 0 Å². The molecule has 0 aliphatic heterocycles. The summed E-state index contributed by atoms with van der Waals surface area (Å²) in [7, 11) is 0. The predicted octanol–water partition coefficient (Wildman–Crippen LogP) is 6.07. The zero-order valence-electron chi connectivity index (χ0n) is 16.7. The lowest BCUT2D eigenvalue weighted by molar-refractivity contribution is 0.476. The Morgan fingerprint density at radius 2 is 1.21 bits per heavy atom. The van der Waals surface area contributed by atoms with Crippen LogP contribution in [0.4, 0.5) is 0 Å². The maximum Gasteiger partial charge on any atom is 0.191 e. The Bertz CT molecular complexity index is 870. The molecular formula is C23H27N3O2S. The first kappa shape index (κ1) is 21.1. The van der Waals surface area contributed by atoms with Gasteiger partial charge in [0, 0.05) is 5.75 Å². The summed E-state index contributed by atoms with van der Waals surface area (Å²) in [6, 6.07) is 14.0. The fourth-order valence-corrected chi connectivity index (χ4v) is 3.87. The van der Waals surface area contributed by atoms with Gasteiger partial charge in [-0.3, -0.25) is 0 Å². The lowest BCUT2D eigenvalue weighted by atomic mass is 10.1. The van der Waals surface area contributed by atoms with Crippen LogP contribution in [0.5, 0.6) is 11.5 Å². The molecule has 1 heterocycles. The van der Waals surface area contributed by atoms with Crippen LogP contribution in [0.1, 0.15) is 45.4 Å². The molecule has 0 unspecified atom stereocenters. The molecule has 0 fully saturated rings. The van der Waals surface area contributed by atoms with Crippen molar-refractivity contribution in [2.24, 2.45) is 0 Å². The number of para-hydroxylation sites is 2. The van der Waals surface area contributed by atoms with Gasteiger partial charge >= 0.3 is 0 Å². The minimum absolute atomic E-state index is 0.119. The Hall–Kier alpha value is -2.60. The van der Waals surface area contributed by atoms with Crippen molar-refractivity contribution >= 4 is 11.8 Å². The number of phenolic OH excluding ortho intramolecular Hbond substituents is 2. The lowest BCUT2D eigenvalue weighted by Crippen LogP contribution is -2.00. The Balaban J connectivity index is 1.82. The second-order valence-corrected chi connectivity index (χ2v) is 7.98. The average Bonchev–Trinajstić information content (AvgIpc) is 2.73. The summed E-state index contributed by atoms with van der Waals surface area (Å²) < 4.78 is 0. The number of rotatable bonds is 10. The van der Waals surface area contributed by atoms with Crippen molar-refractivity contribution in [1.82, 2.24) is 15.0 Å². The summed E-state index contributed by atoms with van der Waals surface area (Å²) in [5.41, 5.74) is 1.10. The number of unbranched alkanes of at least 4 members (excludes halogenated alkanes) is 5. The molecule has 2 N–H and O–H groups in total. The highest BCUT2D eigenvalue weighted by Crippen LogP contribution is 2.32. The fraction of sp³-hybridized carbons (Fsp3) is 0.348. The summed E-state index contributed by atoms with van der Waals surface area (Å²) in [6.45, 7) is 2.22. The van der Waals surface area contributed by atoms with E-state index in [1.54, 1.807) is 48.2 Å². The first-order chi connectivity index (χ1) is 14.2. The van der Waals surface area contributed by atoms with Gasteiger partial charge in [-0.05, 0) is 30.7 Å². The van der Waals surface area contributed by atoms with Crippen LogP contribution in [-0.4, -0.2) is 30.9 Å². The second-order valence-electron chi connectivity index (χ2n) is 6.92. The summed E-state index contributed by atoms with van der Waals surface area (Å²) >= 11 is 1.59. The molecule has 6 heteroatoms. The minimum Gasteiger partial charge on any atom is -0.507 e. The zero-order chi connectivity index (χ0) is 20.5. The number of aromatic nitrogens is 3. The van der Waals surface area contributed by atoms with Gasteiger partial charge in [-0.2, -0.15) is 0 Å². The lowest BCUT2D eigenvalue weighted by Gasteiger charge is -2.09. The molecule has 0 aliphatic rings. The largest absolute Gasteiger partial charge is 0.507 e. The van der Waals surface area contributed by atoms with Gasteiger partial charge < -0.3 is 10.2 Å². The van der Waals surface area contributed by atoms with Gasteiger partial charge in [-0.1, -0.05) is 75.1 Å².